The van der Waals surface area contributed by atoms with Crippen LogP contribution in [0.4, 0.5) is 5.69 Å². The van der Waals surface area contributed by atoms with Crippen LogP contribution in [0.15, 0.2) is 65.3 Å². The number of carbonyl (C=O) groups is 1. The van der Waals surface area contributed by atoms with Crippen molar-refractivity contribution in [2.75, 3.05) is 11.9 Å². The smallest absolute Gasteiger partial charge is 0.250 e. The second-order valence-corrected chi connectivity index (χ2v) is 7.39. The predicted octanol–water partition coefficient (Wildman–Crippen LogP) is 5.68. The fraction of sp³-hybridized carbons (Fsp3) is 0.409. The first-order chi connectivity index (χ1) is 11.3. The summed E-state index contributed by atoms with van der Waals surface area (Å²) in [5.41, 5.74) is 5.00. The van der Waals surface area contributed by atoms with E-state index >= 15 is 0 Å². The maximum absolute atomic E-state index is 12.4. The van der Waals surface area contributed by atoms with Gasteiger partial charge in [-0.15, -0.1) is 0 Å². The number of para-hydroxylation sites is 1. The van der Waals surface area contributed by atoms with Crippen LogP contribution in [-0.4, -0.2) is 13.0 Å². The van der Waals surface area contributed by atoms with Crippen molar-refractivity contribution >= 4 is 11.6 Å². The van der Waals surface area contributed by atoms with Gasteiger partial charge in [0.1, 0.15) is 0 Å². The molecule has 0 saturated heterocycles. The molecule has 24 heavy (non-hydrogen) atoms. The number of hydrogen-bond acceptors (Lipinski definition) is 1. The molecule has 1 aromatic carbocycles. The van der Waals surface area contributed by atoms with E-state index in [4.69, 9.17) is 0 Å². The van der Waals surface area contributed by atoms with E-state index in [1.165, 1.54) is 30.4 Å². The Labute approximate surface area is 146 Å². The second kappa shape index (κ2) is 7.65. The van der Waals surface area contributed by atoms with Gasteiger partial charge in [-0.05, 0) is 61.8 Å². The third-order valence-electron chi connectivity index (χ3n) is 4.88. The largest absolute Gasteiger partial charge is 0.312 e. The van der Waals surface area contributed by atoms with E-state index in [9.17, 15) is 4.79 Å². The lowest BCUT2D eigenvalue weighted by atomic mass is 9.72. The molecule has 1 amide bonds. The molecule has 1 aliphatic carbocycles. The summed E-state index contributed by atoms with van der Waals surface area (Å²) in [6.07, 6.45) is 9.66. The molecule has 2 nitrogen and oxygen atoms in total. The van der Waals surface area contributed by atoms with Crippen LogP contribution in [0.2, 0.25) is 0 Å². The number of anilines is 1. The molecule has 0 bridgehead atoms. The summed E-state index contributed by atoms with van der Waals surface area (Å²) in [5.74, 6) is -0.00282. The summed E-state index contributed by atoms with van der Waals surface area (Å²) in [4.78, 5) is 14.1. The Balaban J connectivity index is 2.12. The van der Waals surface area contributed by atoms with E-state index in [1.807, 2.05) is 44.3 Å². The van der Waals surface area contributed by atoms with Gasteiger partial charge in [0.05, 0.1) is 0 Å². The highest BCUT2D eigenvalue weighted by Crippen LogP contribution is 2.40. The van der Waals surface area contributed by atoms with Crippen LogP contribution in [0, 0.1) is 5.41 Å². The number of hydrogen-bond donors (Lipinski definition) is 0. The van der Waals surface area contributed by atoms with Crippen molar-refractivity contribution in [3.8, 4) is 0 Å². The number of benzene rings is 1. The number of carbonyl (C=O) groups excluding carboxylic acids is 1. The summed E-state index contributed by atoms with van der Waals surface area (Å²) in [5, 5.41) is 0. The van der Waals surface area contributed by atoms with Crippen molar-refractivity contribution < 1.29 is 4.79 Å². The lowest BCUT2D eigenvalue weighted by Gasteiger charge is -2.32. The minimum atomic E-state index is -0.00282. The van der Waals surface area contributed by atoms with Crippen molar-refractivity contribution in [2.45, 2.75) is 47.0 Å². The van der Waals surface area contributed by atoms with E-state index in [1.54, 1.807) is 11.0 Å². The molecular weight excluding hydrogens is 294 g/mol. The third kappa shape index (κ3) is 4.47. The Hall–Kier alpha value is -2.09. The van der Waals surface area contributed by atoms with Crippen molar-refractivity contribution in [1.29, 1.82) is 0 Å². The predicted molar refractivity (Wildman–Crippen MR) is 103 cm³/mol. The van der Waals surface area contributed by atoms with Crippen LogP contribution in [0.25, 0.3) is 0 Å². The minimum absolute atomic E-state index is 0.00282. The summed E-state index contributed by atoms with van der Waals surface area (Å²) in [6.45, 7) is 8.83. The third-order valence-corrected chi connectivity index (χ3v) is 4.88. The van der Waals surface area contributed by atoms with Crippen molar-refractivity contribution in [3.63, 3.8) is 0 Å². The summed E-state index contributed by atoms with van der Waals surface area (Å²) < 4.78 is 0. The Morgan fingerprint density at radius 2 is 1.88 bits per heavy atom. The van der Waals surface area contributed by atoms with Gasteiger partial charge in [-0.2, -0.15) is 0 Å². The van der Waals surface area contributed by atoms with Gasteiger partial charge >= 0.3 is 0 Å². The molecule has 1 aromatic rings. The number of amides is 1. The van der Waals surface area contributed by atoms with Crippen molar-refractivity contribution in [1.82, 2.24) is 0 Å². The van der Waals surface area contributed by atoms with Crippen molar-refractivity contribution in [2.24, 2.45) is 5.41 Å². The highest BCUT2D eigenvalue weighted by Gasteiger charge is 2.26. The molecule has 0 fully saturated rings. The van der Waals surface area contributed by atoms with E-state index < -0.39 is 0 Å². The lowest BCUT2D eigenvalue weighted by molar-refractivity contribution is -0.113. The maximum atomic E-state index is 12.4. The molecule has 0 spiro atoms. The standard InChI is InChI=1S/C22H29NO/c1-17(13-14-20-18(2)10-9-15-22(20,3)4)16-21(24)23(5)19-11-7-6-8-12-19/h6-8,11-14,16H,9-10,15H2,1-5H3/b14-13-,17-16-. The molecule has 0 aliphatic heterocycles. The van der Waals surface area contributed by atoms with Gasteiger partial charge < -0.3 is 4.90 Å². The summed E-state index contributed by atoms with van der Waals surface area (Å²) in [6, 6.07) is 9.71. The van der Waals surface area contributed by atoms with Crippen LogP contribution in [0.3, 0.4) is 0 Å². The molecule has 2 heteroatoms. The van der Waals surface area contributed by atoms with Gasteiger partial charge in [0, 0.05) is 18.8 Å². The van der Waals surface area contributed by atoms with Gasteiger partial charge in [0.25, 0.3) is 5.91 Å². The SMILES string of the molecule is CC1=C(/C=C\C(C)=C/C(=O)N(C)c2ccccc2)C(C)(C)CCC1. The van der Waals surface area contributed by atoms with Crippen molar-refractivity contribution in [3.05, 3.63) is 65.3 Å². The van der Waals surface area contributed by atoms with E-state index in [-0.39, 0.29) is 11.3 Å². The topological polar surface area (TPSA) is 20.3 Å². The quantitative estimate of drug-likeness (QED) is 0.516. The number of likely N-dealkylation sites (N-methyl/N-ethyl adjacent to an activating group) is 1. The van der Waals surface area contributed by atoms with Crippen LogP contribution < -0.4 is 4.90 Å². The molecule has 0 aromatic heterocycles. The highest BCUT2D eigenvalue weighted by molar-refractivity contribution is 6.01. The van der Waals surface area contributed by atoms with Gasteiger partial charge in [0.15, 0.2) is 0 Å². The monoisotopic (exact) mass is 323 g/mol. The Morgan fingerprint density at radius 1 is 1.21 bits per heavy atom. The van der Waals surface area contributed by atoms with Gasteiger partial charge in [0.2, 0.25) is 0 Å². The Kier molecular flexibility index (Phi) is 5.82. The van der Waals surface area contributed by atoms with Crippen LogP contribution >= 0.6 is 0 Å². The second-order valence-electron chi connectivity index (χ2n) is 7.39. The average molecular weight is 323 g/mol. The number of nitrogens with zero attached hydrogens (tertiary/aromatic N) is 1. The Bertz CT molecular complexity index is 677. The zero-order chi connectivity index (χ0) is 17.7. The molecule has 1 aliphatic rings. The maximum Gasteiger partial charge on any atom is 0.250 e. The molecule has 128 valence electrons. The van der Waals surface area contributed by atoms with Crippen LogP contribution in [-0.2, 0) is 4.79 Å². The van der Waals surface area contributed by atoms with Crippen LogP contribution in [0.1, 0.15) is 47.0 Å². The average Bonchev–Trinajstić information content (AvgIpc) is 2.53. The molecule has 2 rings (SSSR count). The molecule has 0 N–H and O–H groups in total. The molecule has 0 saturated carbocycles. The molecule has 0 unspecified atom stereocenters. The first-order valence-corrected chi connectivity index (χ1v) is 8.70. The van der Waals surface area contributed by atoms with E-state index in [0.29, 0.717) is 0 Å². The molecule has 0 radical (unpaired) electrons. The first-order valence-electron chi connectivity index (χ1n) is 8.70. The lowest BCUT2D eigenvalue weighted by Crippen LogP contribution is -2.24. The molecule has 0 heterocycles. The fourth-order valence-corrected chi connectivity index (χ4v) is 3.34. The zero-order valence-corrected chi connectivity index (χ0v) is 15.6. The number of rotatable bonds is 4. The highest BCUT2D eigenvalue weighted by atomic mass is 16.2. The molecular formula is C22H29NO. The van der Waals surface area contributed by atoms with E-state index in [0.717, 1.165) is 11.3 Å². The van der Waals surface area contributed by atoms with Gasteiger partial charge in [-0.25, -0.2) is 0 Å². The minimum Gasteiger partial charge on any atom is -0.312 e. The summed E-state index contributed by atoms with van der Waals surface area (Å²) >= 11 is 0. The van der Waals surface area contributed by atoms with Crippen LogP contribution in [0.5, 0.6) is 0 Å². The molecule has 0 atom stereocenters. The zero-order valence-electron chi connectivity index (χ0n) is 15.6. The summed E-state index contributed by atoms with van der Waals surface area (Å²) in [7, 11) is 1.81. The fourth-order valence-electron chi connectivity index (χ4n) is 3.34. The number of allylic oxidation sites excluding steroid dienone is 5. The normalized spacial score (nSPS) is 18.1. The Morgan fingerprint density at radius 3 is 2.50 bits per heavy atom. The first kappa shape index (κ1) is 18.3. The van der Waals surface area contributed by atoms with E-state index in [2.05, 4.69) is 32.9 Å². The van der Waals surface area contributed by atoms with Gasteiger partial charge in [-0.1, -0.05) is 49.8 Å². The van der Waals surface area contributed by atoms with Gasteiger partial charge in [-0.3, -0.25) is 4.79 Å².